The number of nitrogens with zero attached hydrogens (tertiary/aromatic N) is 1. The third-order valence-electron chi connectivity index (χ3n) is 6.91. The molecule has 0 spiro atoms. The number of nitrogens with one attached hydrogen (secondary N) is 1. The Kier molecular flexibility index (Phi) is 10.6. The van der Waals surface area contributed by atoms with E-state index >= 15 is 0 Å². The van der Waals surface area contributed by atoms with Crippen molar-refractivity contribution >= 4 is 57.6 Å². The number of methoxy groups -OCH3 is 1. The zero-order valence-electron chi connectivity index (χ0n) is 21.8. The summed E-state index contributed by atoms with van der Waals surface area (Å²) in [6.07, 6.45) is 0.877. The van der Waals surface area contributed by atoms with Crippen LogP contribution in [0.15, 0.2) is 42.0 Å². The maximum absolute atomic E-state index is 13.6. The van der Waals surface area contributed by atoms with Crippen LogP contribution in [0.5, 0.6) is 11.5 Å². The molecule has 2 aliphatic carbocycles. The van der Waals surface area contributed by atoms with Crippen molar-refractivity contribution in [3.8, 4) is 11.5 Å². The number of benzene rings is 2. The lowest BCUT2D eigenvalue weighted by Crippen LogP contribution is -2.55. The lowest BCUT2D eigenvalue weighted by Gasteiger charge is -2.41. The van der Waals surface area contributed by atoms with Gasteiger partial charge in [-0.1, -0.05) is 29.3 Å². The smallest absolute Gasteiger partial charge is 0.247 e. The molecule has 9 nitrogen and oxygen atoms in total. The maximum atomic E-state index is 13.6. The largest absolute Gasteiger partial charge is 0.493 e. The van der Waals surface area contributed by atoms with Gasteiger partial charge in [-0.2, -0.15) is 0 Å². The molecule has 1 saturated carbocycles. The molecular formula is C28H31Cl2IN2O7. The van der Waals surface area contributed by atoms with E-state index in [1.807, 2.05) is 0 Å². The van der Waals surface area contributed by atoms with Crippen LogP contribution in [0.2, 0.25) is 10.0 Å². The monoisotopic (exact) mass is 704 g/mol. The van der Waals surface area contributed by atoms with Crippen LogP contribution in [-0.4, -0.2) is 70.5 Å². The van der Waals surface area contributed by atoms with Crippen molar-refractivity contribution < 1.29 is 34.4 Å². The van der Waals surface area contributed by atoms with Crippen LogP contribution >= 0.6 is 45.8 Å². The third kappa shape index (κ3) is 7.21. The minimum absolute atomic E-state index is 0.0500. The van der Waals surface area contributed by atoms with Gasteiger partial charge in [0.05, 0.1) is 29.9 Å². The molecule has 0 aromatic heterocycles. The molecule has 2 amide bonds. The Morgan fingerprint density at radius 2 is 1.93 bits per heavy atom. The zero-order valence-corrected chi connectivity index (χ0v) is 25.4. The van der Waals surface area contributed by atoms with Crippen LogP contribution in [0.1, 0.15) is 30.4 Å². The molecular weight excluding hydrogens is 674 g/mol. The normalized spacial score (nSPS) is 20.5. The highest BCUT2D eigenvalue weighted by Gasteiger charge is 2.44. The van der Waals surface area contributed by atoms with Crippen LogP contribution in [-0.2, 0) is 22.7 Å². The number of rotatable bonds is 11. The minimum Gasteiger partial charge on any atom is -0.493 e. The van der Waals surface area contributed by atoms with E-state index in [-0.39, 0.29) is 44.5 Å². The van der Waals surface area contributed by atoms with E-state index in [1.165, 1.54) is 7.11 Å². The molecule has 216 valence electrons. The molecule has 0 aliphatic heterocycles. The molecule has 3 atom stereocenters. The zero-order chi connectivity index (χ0) is 29.0. The number of carbonyl (C=O) groups excluding carboxylic acids is 2. The number of aliphatic hydroxyl groups excluding tert-OH is 3. The van der Waals surface area contributed by atoms with Crippen LogP contribution in [0.25, 0.3) is 0 Å². The lowest BCUT2D eigenvalue weighted by atomic mass is 9.87. The van der Waals surface area contributed by atoms with E-state index in [1.54, 1.807) is 41.3 Å². The fourth-order valence-electron chi connectivity index (χ4n) is 4.65. The fourth-order valence-corrected chi connectivity index (χ4v) is 5.91. The van der Waals surface area contributed by atoms with Gasteiger partial charge in [0, 0.05) is 41.0 Å². The van der Waals surface area contributed by atoms with E-state index in [0.29, 0.717) is 41.8 Å². The Hall–Kier alpha value is -2.09. The second-order valence-corrected chi connectivity index (χ2v) is 11.8. The van der Waals surface area contributed by atoms with Gasteiger partial charge in [0.25, 0.3) is 0 Å². The third-order valence-corrected chi connectivity index (χ3v) is 8.29. The summed E-state index contributed by atoms with van der Waals surface area (Å²) in [4.78, 5) is 28.2. The molecule has 12 heteroatoms. The molecule has 4 rings (SSSR count). The van der Waals surface area contributed by atoms with Crippen molar-refractivity contribution in [1.29, 1.82) is 0 Å². The first-order valence-electron chi connectivity index (χ1n) is 12.8. The average Bonchev–Trinajstić information content (AvgIpc) is 3.78. The number of carbonyl (C=O) groups is 2. The van der Waals surface area contributed by atoms with Crippen LogP contribution in [0.3, 0.4) is 0 Å². The Morgan fingerprint density at radius 3 is 2.55 bits per heavy atom. The molecule has 2 aromatic carbocycles. The summed E-state index contributed by atoms with van der Waals surface area (Å²) in [6, 6.07) is 7.57. The van der Waals surface area contributed by atoms with Crippen LogP contribution in [0.4, 0.5) is 0 Å². The second-order valence-electron chi connectivity index (χ2n) is 9.76. The van der Waals surface area contributed by atoms with E-state index in [2.05, 4.69) is 27.9 Å². The Morgan fingerprint density at radius 1 is 1.18 bits per heavy atom. The van der Waals surface area contributed by atoms with Crippen LogP contribution < -0.4 is 14.8 Å². The highest BCUT2D eigenvalue weighted by molar-refractivity contribution is 14.1. The van der Waals surface area contributed by atoms with Crippen LogP contribution in [0, 0.1) is 9.49 Å². The molecule has 0 saturated heterocycles. The SMILES string of the molecule is COc1cc(CO)cc(I)c1O[C@H]1C=C(C(=O)NCCO)C[C@@H](N(Cc2ccc(Cl)cc2Cl)C(=O)C2CC2)[C@@H]1O. The van der Waals surface area contributed by atoms with E-state index in [0.717, 1.165) is 12.8 Å². The van der Waals surface area contributed by atoms with Crippen molar-refractivity contribution in [2.24, 2.45) is 5.92 Å². The standard InChI is InChI=1S/C28H31Cl2IN2O7/c1-39-24-9-15(14-35)8-21(31)26(24)40-23-11-18(27(37)32-6-7-34)10-22(25(23)36)33(28(38)16-2-3-16)13-17-4-5-19(29)12-20(17)30/h4-5,8-9,11-12,16,22-23,25,34-36H,2-3,6-7,10,13-14H2,1H3,(H,32,37)/t22-,23+,25+/m1/s1. The van der Waals surface area contributed by atoms with E-state index in [4.69, 9.17) is 32.7 Å². The number of hydrogen-bond acceptors (Lipinski definition) is 7. The Balaban J connectivity index is 1.72. The van der Waals surface area contributed by atoms with Gasteiger partial charge < -0.3 is 35.0 Å². The minimum atomic E-state index is -1.21. The topological polar surface area (TPSA) is 129 Å². The number of ether oxygens (including phenoxy) is 2. The number of hydrogen-bond donors (Lipinski definition) is 4. The number of halogens is 3. The average molecular weight is 705 g/mol. The highest BCUT2D eigenvalue weighted by atomic mass is 127. The molecule has 40 heavy (non-hydrogen) atoms. The molecule has 2 aliphatic rings. The summed E-state index contributed by atoms with van der Waals surface area (Å²) in [5, 5.41) is 34.0. The molecule has 2 aromatic rings. The van der Waals surface area contributed by atoms with Crippen molar-refractivity contribution in [3.05, 3.63) is 66.7 Å². The number of aliphatic hydroxyl groups is 3. The lowest BCUT2D eigenvalue weighted by molar-refractivity contribution is -0.140. The van der Waals surface area contributed by atoms with Crippen molar-refractivity contribution in [2.45, 2.75) is 50.7 Å². The van der Waals surface area contributed by atoms with Gasteiger partial charge in [-0.25, -0.2) is 0 Å². The maximum Gasteiger partial charge on any atom is 0.247 e. The molecule has 0 heterocycles. The van der Waals surface area contributed by atoms with E-state index < -0.39 is 24.2 Å². The predicted octanol–water partition coefficient (Wildman–Crippen LogP) is 3.45. The summed E-state index contributed by atoms with van der Waals surface area (Å²) < 4.78 is 12.4. The quantitative estimate of drug-likeness (QED) is 0.264. The number of amides is 2. The first kappa shape index (κ1) is 30.9. The molecule has 0 radical (unpaired) electrons. The van der Waals surface area contributed by atoms with Gasteiger partial charge in [0.2, 0.25) is 11.8 Å². The van der Waals surface area contributed by atoms with Gasteiger partial charge in [-0.3, -0.25) is 9.59 Å². The molecule has 0 unspecified atom stereocenters. The van der Waals surface area contributed by atoms with Gasteiger partial charge in [0.15, 0.2) is 11.5 Å². The van der Waals surface area contributed by atoms with Crippen molar-refractivity contribution in [2.75, 3.05) is 20.3 Å². The van der Waals surface area contributed by atoms with Gasteiger partial charge in [0.1, 0.15) is 12.2 Å². The Labute approximate surface area is 256 Å². The summed E-state index contributed by atoms with van der Waals surface area (Å²) in [6.45, 7) is -0.272. The Bertz CT molecular complexity index is 1290. The van der Waals surface area contributed by atoms with Crippen molar-refractivity contribution in [3.63, 3.8) is 0 Å². The molecule has 0 bridgehead atoms. The van der Waals surface area contributed by atoms with E-state index in [9.17, 15) is 24.9 Å². The fraction of sp³-hybridized carbons (Fsp3) is 0.429. The van der Waals surface area contributed by atoms with Gasteiger partial charge >= 0.3 is 0 Å². The summed E-state index contributed by atoms with van der Waals surface area (Å²) >= 11 is 14.6. The summed E-state index contributed by atoms with van der Waals surface area (Å²) in [7, 11) is 1.47. The van der Waals surface area contributed by atoms with Gasteiger partial charge in [-0.15, -0.1) is 0 Å². The molecule has 4 N–H and O–H groups in total. The first-order valence-corrected chi connectivity index (χ1v) is 14.7. The predicted molar refractivity (Wildman–Crippen MR) is 158 cm³/mol. The molecule has 1 fully saturated rings. The highest BCUT2D eigenvalue weighted by Crippen LogP contribution is 2.39. The second kappa shape index (κ2) is 13.7. The van der Waals surface area contributed by atoms with Crippen molar-refractivity contribution in [1.82, 2.24) is 10.2 Å². The summed E-state index contributed by atoms with van der Waals surface area (Å²) in [5.74, 6) is -0.0474. The first-order chi connectivity index (χ1) is 19.2. The summed E-state index contributed by atoms with van der Waals surface area (Å²) in [5.41, 5.74) is 1.59. The van der Waals surface area contributed by atoms with Gasteiger partial charge in [-0.05, 0) is 76.9 Å².